The van der Waals surface area contributed by atoms with Crippen molar-refractivity contribution in [3.63, 3.8) is 0 Å². The lowest BCUT2D eigenvalue weighted by molar-refractivity contribution is 0.0763. The number of Topliss-reactive ketones (excluding diaryl/α,β-unsaturated/α-hetero) is 2. The molecular formula is C27H24FNO4S. The predicted octanol–water partition coefficient (Wildman–Crippen LogP) is 6.60. The molecule has 0 bridgehead atoms. The summed E-state index contributed by atoms with van der Waals surface area (Å²) in [5, 5.41) is 2.60. The van der Waals surface area contributed by atoms with E-state index in [0.717, 1.165) is 10.9 Å². The lowest BCUT2D eigenvalue weighted by Gasteiger charge is -2.22. The summed E-state index contributed by atoms with van der Waals surface area (Å²) in [5.41, 5.74) is 1.07. The summed E-state index contributed by atoms with van der Waals surface area (Å²) in [5.74, 6) is 0.266. The van der Waals surface area contributed by atoms with Gasteiger partial charge in [-0.1, -0.05) is 32.0 Å². The molecule has 34 heavy (non-hydrogen) atoms. The maximum atomic E-state index is 14.1. The summed E-state index contributed by atoms with van der Waals surface area (Å²) in [6.07, 6.45) is -0.000182. The number of benzene rings is 2. The number of pyridine rings is 1. The number of rotatable bonds is 8. The third-order valence-electron chi connectivity index (χ3n) is 5.73. The second kappa shape index (κ2) is 9.35. The van der Waals surface area contributed by atoms with Crippen LogP contribution in [0.15, 0.2) is 60.0 Å². The van der Waals surface area contributed by atoms with Gasteiger partial charge >= 0.3 is 0 Å². The van der Waals surface area contributed by atoms with Gasteiger partial charge in [0.25, 0.3) is 0 Å². The van der Waals surface area contributed by atoms with Crippen LogP contribution in [0.1, 0.15) is 41.1 Å². The van der Waals surface area contributed by atoms with Crippen LogP contribution in [0.4, 0.5) is 4.39 Å². The number of aromatic nitrogens is 1. The van der Waals surface area contributed by atoms with E-state index >= 15 is 0 Å². The van der Waals surface area contributed by atoms with Crippen LogP contribution in [0.5, 0.6) is 11.5 Å². The van der Waals surface area contributed by atoms with E-state index in [0.29, 0.717) is 27.5 Å². The molecule has 0 spiro atoms. The molecule has 0 radical (unpaired) electrons. The van der Waals surface area contributed by atoms with E-state index < -0.39 is 5.41 Å². The Hall–Kier alpha value is -3.58. The van der Waals surface area contributed by atoms with Crippen molar-refractivity contribution in [1.82, 2.24) is 4.98 Å². The zero-order valence-corrected chi connectivity index (χ0v) is 20.2. The van der Waals surface area contributed by atoms with Crippen molar-refractivity contribution < 1.29 is 23.5 Å². The van der Waals surface area contributed by atoms with E-state index in [1.54, 1.807) is 56.3 Å². The van der Waals surface area contributed by atoms with E-state index in [9.17, 15) is 14.0 Å². The highest BCUT2D eigenvalue weighted by Gasteiger charge is 2.33. The molecule has 0 saturated heterocycles. The quantitative estimate of drug-likeness (QED) is 0.268. The van der Waals surface area contributed by atoms with Crippen molar-refractivity contribution >= 4 is 33.0 Å². The first-order valence-electron chi connectivity index (χ1n) is 10.7. The fourth-order valence-corrected chi connectivity index (χ4v) is 4.84. The molecule has 7 heteroatoms. The molecule has 0 aliphatic carbocycles. The van der Waals surface area contributed by atoms with Gasteiger partial charge in [-0.05, 0) is 36.4 Å². The zero-order valence-electron chi connectivity index (χ0n) is 19.3. The molecule has 4 rings (SSSR count). The minimum atomic E-state index is -0.987. The first-order valence-corrected chi connectivity index (χ1v) is 11.6. The number of thiophene rings is 1. The first kappa shape index (κ1) is 23.6. The monoisotopic (exact) mass is 477 g/mol. The molecule has 0 aliphatic rings. The SMILES string of the molecule is COc1ccc(C(=O)CC(C)(C)C(=O)c2cccc(-c3csc4c(F)cccc34)n2)cc1OC. The molecule has 0 aliphatic heterocycles. The lowest BCUT2D eigenvalue weighted by atomic mass is 9.80. The third-order valence-corrected chi connectivity index (χ3v) is 6.74. The number of ketones is 2. The molecule has 4 aromatic rings. The minimum absolute atomic E-state index is 0.000182. The van der Waals surface area contributed by atoms with Gasteiger partial charge in [0, 0.05) is 33.7 Å². The average Bonchev–Trinajstić information content (AvgIpc) is 3.28. The maximum absolute atomic E-state index is 14.1. The fraction of sp³-hybridized carbons (Fsp3) is 0.222. The number of methoxy groups -OCH3 is 2. The number of carbonyl (C=O) groups excluding carboxylic acids is 2. The molecule has 2 heterocycles. The largest absolute Gasteiger partial charge is 0.493 e. The Labute approximate surface area is 201 Å². The number of hydrogen-bond donors (Lipinski definition) is 0. The molecule has 0 amide bonds. The molecular weight excluding hydrogens is 453 g/mol. The van der Waals surface area contributed by atoms with Crippen LogP contribution in [0.25, 0.3) is 21.3 Å². The fourth-order valence-electron chi connectivity index (χ4n) is 3.87. The van der Waals surface area contributed by atoms with Gasteiger partial charge in [-0.2, -0.15) is 0 Å². The second-order valence-electron chi connectivity index (χ2n) is 8.56. The summed E-state index contributed by atoms with van der Waals surface area (Å²) in [7, 11) is 3.03. The topological polar surface area (TPSA) is 65.5 Å². The van der Waals surface area contributed by atoms with Crippen LogP contribution in [-0.2, 0) is 0 Å². The van der Waals surface area contributed by atoms with Crippen LogP contribution >= 0.6 is 11.3 Å². The highest BCUT2D eigenvalue weighted by atomic mass is 32.1. The Kier molecular flexibility index (Phi) is 6.48. The minimum Gasteiger partial charge on any atom is -0.493 e. The van der Waals surface area contributed by atoms with E-state index in [1.807, 2.05) is 11.4 Å². The van der Waals surface area contributed by atoms with Crippen LogP contribution in [0, 0.1) is 11.2 Å². The molecule has 0 atom stereocenters. The normalized spacial score (nSPS) is 11.4. The highest BCUT2D eigenvalue weighted by Crippen LogP contribution is 2.36. The molecule has 5 nitrogen and oxygen atoms in total. The van der Waals surface area contributed by atoms with E-state index in [1.165, 1.54) is 31.6 Å². The summed E-state index contributed by atoms with van der Waals surface area (Å²) in [4.78, 5) is 31.0. The summed E-state index contributed by atoms with van der Waals surface area (Å²) in [6.45, 7) is 3.47. The second-order valence-corrected chi connectivity index (χ2v) is 9.44. The molecule has 0 saturated carbocycles. The van der Waals surface area contributed by atoms with Crippen LogP contribution < -0.4 is 9.47 Å². The molecule has 0 N–H and O–H groups in total. The van der Waals surface area contributed by atoms with Crippen molar-refractivity contribution in [1.29, 1.82) is 0 Å². The zero-order chi connectivity index (χ0) is 24.5. The number of carbonyl (C=O) groups is 2. The van der Waals surface area contributed by atoms with Crippen molar-refractivity contribution in [3.8, 4) is 22.8 Å². The standard InChI is InChI=1S/C27H24FNO4S/c1-27(2,14-22(30)16-11-12-23(32-3)24(13-16)33-4)26(31)21-10-6-9-20(29-21)18-15-34-25-17(18)7-5-8-19(25)28/h5-13,15H,14H2,1-4H3. The Balaban J connectivity index is 1.60. The summed E-state index contributed by atoms with van der Waals surface area (Å²) in [6, 6.07) is 15.1. The third kappa shape index (κ3) is 4.43. The Morgan fingerprint density at radius 1 is 1.00 bits per heavy atom. The highest BCUT2D eigenvalue weighted by molar-refractivity contribution is 7.17. The smallest absolute Gasteiger partial charge is 0.187 e. The first-order chi connectivity index (χ1) is 16.2. The van der Waals surface area contributed by atoms with Gasteiger partial charge in [0.05, 0.1) is 24.6 Å². The van der Waals surface area contributed by atoms with Gasteiger partial charge in [0.1, 0.15) is 11.5 Å². The average molecular weight is 478 g/mol. The Morgan fingerprint density at radius 2 is 1.74 bits per heavy atom. The van der Waals surface area contributed by atoms with Gasteiger partial charge in [0.2, 0.25) is 0 Å². The van der Waals surface area contributed by atoms with Crippen molar-refractivity contribution in [2.45, 2.75) is 20.3 Å². The number of hydrogen-bond acceptors (Lipinski definition) is 6. The van der Waals surface area contributed by atoms with E-state index in [-0.39, 0.29) is 29.5 Å². The van der Waals surface area contributed by atoms with Gasteiger partial charge < -0.3 is 9.47 Å². The predicted molar refractivity (Wildman–Crippen MR) is 132 cm³/mol. The van der Waals surface area contributed by atoms with Crippen LogP contribution in [0.2, 0.25) is 0 Å². The number of nitrogens with zero attached hydrogens (tertiary/aromatic N) is 1. The molecule has 2 aromatic carbocycles. The number of halogens is 1. The van der Waals surface area contributed by atoms with Gasteiger partial charge in [-0.25, -0.2) is 9.37 Å². The molecule has 0 unspecified atom stereocenters. The van der Waals surface area contributed by atoms with Gasteiger partial charge in [0.15, 0.2) is 23.1 Å². The van der Waals surface area contributed by atoms with Crippen LogP contribution in [-0.4, -0.2) is 30.8 Å². The van der Waals surface area contributed by atoms with Crippen molar-refractivity contribution in [2.24, 2.45) is 5.41 Å². The van der Waals surface area contributed by atoms with Gasteiger partial charge in [-0.3, -0.25) is 9.59 Å². The maximum Gasteiger partial charge on any atom is 0.187 e. The van der Waals surface area contributed by atoms with E-state index in [4.69, 9.17) is 9.47 Å². The molecule has 174 valence electrons. The summed E-state index contributed by atoms with van der Waals surface area (Å²) < 4.78 is 25.2. The Bertz CT molecular complexity index is 1390. The van der Waals surface area contributed by atoms with Crippen molar-refractivity contribution in [2.75, 3.05) is 14.2 Å². The van der Waals surface area contributed by atoms with Crippen molar-refractivity contribution in [3.05, 3.63) is 77.1 Å². The lowest BCUT2D eigenvalue weighted by Crippen LogP contribution is -2.28. The number of fused-ring (bicyclic) bond motifs is 1. The Morgan fingerprint density at radius 3 is 2.47 bits per heavy atom. The molecule has 0 fully saturated rings. The van der Waals surface area contributed by atoms with Crippen LogP contribution in [0.3, 0.4) is 0 Å². The summed E-state index contributed by atoms with van der Waals surface area (Å²) >= 11 is 1.30. The number of ether oxygens (including phenoxy) is 2. The molecule has 2 aromatic heterocycles. The van der Waals surface area contributed by atoms with Gasteiger partial charge in [-0.15, -0.1) is 11.3 Å². The van der Waals surface area contributed by atoms with E-state index in [2.05, 4.69) is 4.98 Å².